The molecule has 0 saturated carbocycles. The Hall–Kier alpha value is -3.76. The van der Waals surface area contributed by atoms with Crippen LogP contribution in [0.1, 0.15) is 18.5 Å². The van der Waals surface area contributed by atoms with Crippen molar-refractivity contribution in [3.63, 3.8) is 0 Å². The molecule has 12 heteroatoms. The van der Waals surface area contributed by atoms with E-state index in [1.807, 2.05) is 0 Å². The molecule has 0 fully saturated rings. The first-order valence-electron chi connectivity index (χ1n) is 9.67. The minimum atomic E-state index is -0.538. The summed E-state index contributed by atoms with van der Waals surface area (Å²) in [6.07, 6.45) is 2.48. The molecule has 0 saturated heterocycles. The number of carbonyl (C=O) groups excluding carboxylic acids is 1. The zero-order valence-corrected chi connectivity index (χ0v) is 18.6. The van der Waals surface area contributed by atoms with Crippen LogP contribution >= 0.6 is 23.2 Å². The van der Waals surface area contributed by atoms with Gasteiger partial charge in [0.05, 0.1) is 27.2 Å². The predicted molar refractivity (Wildman–Crippen MR) is 123 cm³/mol. The van der Waals surface area contributed by atoms with Crippen molar-refractivity contribution in [1.29, 1.82) is 0 Å². The van der Waals surface area contributed by atoms with Gasteiger partial charge in [-0.2, -0.15) is 5.10 Å². The van der Waals surface area contributed by atoms with E-state index in [9.17, 15) is 19.7 Å². The van der Waals surface area contributed by atoms with Crippen molar-refractivity contribution in [3.05, 3.63) is 91.1 Å². The summed E-state index contributed by atoms with van der Waals surface area (Å²) in [5, 5.41) is 19.1. The molecule has 0 aliphatic heterocycles. The number of hydrogen-bond donors (Lipinski definition) is 1. The van der Waals surface area contributed by atoms with Gasteiger partial charge in [-0.15, -0.1) is 0 Å². The first-order chi connectivity index (χ1) is 15.8. The molecule has 0 spiro atoms. The average molecular weight is 487 g/mol. The van der Waals surface area contributed by atoms with E-state index in [0.717, 1.165) is 10.1 Å². The Kier molecular flexibility index (Phi) is 6.12. The fourth-order valence-corrected chi connectivity index (χ4v) is 3.65. The van der Waals surface area contributed by atoms with Gasteiger partial charge in [0.15, 0.2) is 5.65 Å². The molecule has 1 unspecified atom stereocenters. The van der Waals surface area contributed by atoms with Crippen LogP contribution in [0.15, 0.2) is 59.8 Å². The Morgan fingerprint density at radius 2 is 1.97 bits per heavy atom. The SMILES string of the molecule is CC(NC(=O)Cn1cnc2c(cnn2-c2ccccc2[N+](=O)[O-])c1=O)c1ccc(Cl)c(Cl)c1. The Bertz CT molecular complexity index is 1450. The zero-order valence-electron chi connectivity index (χ0n) is 17.1. The molecule has 10 nitrogen and oxygen atoms in total. The maximum absolute atomic E-state index is 12.9. The number of fused-ring (bicyclic) bond motifs is 1. The molecule has 0 aliphatic carbocycles. The standard InChI is InChI=1S/C21H16Cl2N6O4/c1-12(13-6-7-15(22)16(23)8-13)26-19(30)10-27-11-24-20-14(21(27)31)9-25-28(20)17-4-2-3-5-18(17)29(32)33/h2-9,11-12H,10H2,1H3,(H,26,30). The molecule has 4 rings (SSSR count). The van der Waals surface area contributed by atoms with E-state index in [1.54, 1.807) is 31.2 Å². The van der Waals surface area contributed by atoms with E-state index >= 15 is 0 Å². The van der Waals surface area contributed by atoms with Crippen LogP contribution in [-0.2, 0) is 11.3 Å². The van der Waals surface area contributed by atoms with Crippen LogP contribution in [0.4, 0.5) is 5.69 Å². The van der Waals surface area contributed by atoms with E-state index in [2.05, 4.69) is 15.4 Å². The van der Waals surface area contributed by atoms with E-state index in [0.29, 0.717) is 10.0 Å². The van der Waals surface area contributed by atoms with Crippen LogP contribution in [0, 0.1) is 10.1 Å². The highest BCUT2D eigenvalue weighted by Gasteiger charge is 2.20. The second kappa shape index (κ2) is 9.00. The summed E-state index contributed by atoms with van der Waals surface area (Å²) in [6.45, 7) is 1.50. The molecule has 0 radical (unpaired) electrons. The average Bonchev–Trinajstić information content (AvgIpc) is 3.22. The Labute approximate surface area is 196 Å². The highest BCUT2D eigenvalue weighted by atomic mass is 35.5. The van der Waals surface area contributed by atoms with Crippen molar-refractivity contribution in [2.45, 2.75) is 19.5 Å². The molecular formula is C21H16Cl2N6O4. The molecule has 2 aromatic carbocycles. The molecule has 168 valence electrons. The van der Waals surface area contributed by atoms with E-state index in [1.165, 1.54) is 35.4 Å². The summed E-state index contributed by atoms with van der Waals surface area (Å²) >= 11 is 12.0. The number of nitro groups is 1. The Balaban J connectivity index is 1.58. The van der Waals surface area contributed by atoms with Crippen molar-refractivity contribution < 1.29 is 9.72 Å². The predicted octanol–water partition coefficient (Wildman–Crippen LogP) is 3.67. The number of amides is 1. The van der Waals surface area contributed by atoms with E-state index in [-0.39, 0.29) is 35.0 Å². The molecule has 2 aromatic heterocycles. The number of benzene rings is 2. The lowest BCUT2D eigenvalue weighted by molar-refractivity contribution is -0.384. The first kappa shape index (κ1) is 22.4. The third-order valence-corrected chi connectivity index (χ3v) is 5.74. The minimum Gasteiger partial charge on any atom is -0.348 e. The van der Waals surface area contributed by atoms with E-state index < -0.39 is 16.4 Å². The van der Waals surface area contributed by atoms with Gasteiger partial charge < -0.3 is 5.32 Å². The summed E-state index contributed by atoms with van der Waals surface area (Å²) < 4.78 is 2.37. The number of nitrogens with zero attached hydrogens (tertiary/aromatic N) is 5. The highest BCUT2D eigenvalue weighted by molar-refractivity contribution is 6.42. The van der Waals surface area contributed by atoms with Crippen LogP contribution in [0.5, 0.6) is 0 Å². The second-order valence-electron chi connectivity index (χ2n) is 7.18. The summed E-state index contributed by atoms with van der Waals surface area (Å²) in [4.78, 5) is 40.4. The van der Waals surface area contributed by atoms with Gasteiger partial charge in [-0.3, -0.25) is 24.3 Å². The van der Waals surface area contributed by atoms with Gasteiger partial charge >= 0.3 is 0 Å². The van der Waals surface area contributed by atoms with Crippen molar-refractivity contribution in [2.24, 2.45) is 0 Å². The molecule has 33 heavy (non-hydrogen) atoms. The number of aromatic nitrogens is 4. The van der Waals surface area contributed by atoms with Gasteiger partial charge in [0, 0.05) is 6.07 Å². The van der Waals surface area contributed by atoms with E-state index in [4.69, 9.17) is 23.2 Å². The van der Waals surface area contributed by atoms with Crippen molar-refractivity contribution in [3.8, 4) is 5.69 Å². The van der Waals surface area contributed by atoms with Crippen LogP contribution in [0.25, 0.3) is 16.7 Å². The molecule has 1 amide bonds. The lowest BCUT2D eigenvalue weighted by Crippen LogP contribution is -2.34. The molecule has 1 atom stereocenters. The molecule has 0 bridgehead atoms. The van der Waals surface area contributed by atoms with Gasteiger partial charge in [-0.1, -0.05) is 41.4 Å². The number of carbonyl (C=O) groups is 1. The van der Waals surface area contributed by atoms with Gasteiger partial charge in [0.1, 0.15) is 23.9 Å². The van der Waals surface area contributed by atoms with Gasteiger partial charge in [-0.25, -0.2) is 9.67 Å². The minimum absolute atomic E-state index is 0.126. The number of nitrogens with one attached hydrogen (secondary N) is 1. The largest absolute Gasteiger partial charge is 0.348 e. The van der Waals surface area contributed by atoms with Crippen LogP contribution in [0.2, 0.25) is 10.0 Å². The Morgan fingerprint density at radius 1 is 1.21 bits per heavy atom. The van der Waals surface area contributed by atoms with Crippen LogP contribution in [-0.4, -0.2) is 30.2 Å². The van der Waals surface area contributed by atoms with Gasteiger partial charge in [0.2, 0.25) is 5.91 Å². The molecule has 2 heterocycles. The maximum Gasteiger partial charge on any atom is 0.294 e. The van der Waals surface area contributed by atoms with Crippen molar-refractivity contribution >= 4 is 45.8 Å². The highest BCUT2D eigenvalue weighted by Crippen LogP contribution is 2.26. The summed E-state index contributed by atoms with van der Waals surface area (Å²) in [7, 11) is 0. The fourth-order valence-electron chi connectivity index (χ4n) is 3.34. The molecule has 1 N–H and O–H groups in total. The third kappa shape index (κ3) is 4.43. The first-order valence-corrected chi connectivity index (χ1v) is 10.4. The van der Waals surface area contributed by atoms with Gasteiger partial charge in [0.25, 0.3) is 11.2 Å². The molecule has 0 aliphatic rings. The summed E-state index contributed by atoms with van der Waals surface area (Å²) in [6, 6.07) is 10.7. The number of nitro benzene ring substituents is 1. The van der Waals surface area contributed by atoms with Crippen molar-refractivity contribution in [2.75, 3.05) is 0 Å². The normalized spacial score (nSPS) is 12.0. The fraction of sp³-hybridized carbons (Fsp3) is 0.143. The van der Waals surface area contributed by atoms with Crippen LogP contribution in [0.3, 0.4) is 0 Å². The summed E-state index contributed by atoms with van der Waals surface area (Å²) in [5.41, 5.74) is 0.404. The topological polar surface area (TPSA) is 125 Å². The smallest absolute Gasteiger partial charge is 0.294 e. The molecule has 4 aromatic rings. The number of para-hydroxylation sites is 2. The number of hydrogen-bond acceptors (Lipinski definition) is 6. The third-order valence-electron chi connectivity index (χ3n) is 5.00. The monoisotopic (exact) mass is 486 g/mol. The lowest BCUT2D eigenvalue weighted by Gasteiger charge is -2.15. The second-order valence-corrected chi connectivity index (χ2v) is 7.99. The quantitative estimate of drug-likeness (QED) is 0.327. The summed E-state index contributed by atoms with van der Waals surface area (Å²) in [5.74, 6) is -0.414. The molecular weight excluding hydrogens is 471 g/mol. The van der Waals surface area contributed by atoms with Gasteiger partial charge in [-0.05, 0) is 30.7 Å². The number of halogens is 2. The zero-order chi connectivity index (χ0) is 23.7. The lowest BCUT2D eigenvalue weighted by atomic mass is 10.1. The van der Waals surface area contributed by atoms with Crippen LogP contribution < -0.4 is 10.9 Å². The van der Waals surface area contributed by atoms with Crippen molar-refractivity contribution in [1.82, 2.24) is 24.6 Å². The Morgan fingerprint density at radius 3 is 2.70 bits per heavy atom. The number of rotatable bonds is 6. The maximum atomic E-state index is 12.9.